The van der Waals surface area contributed by atoms with Crippen molar-refractivity contribution < 1.29 is 14.0 Å². The van der Waals surface area contributed by atoms with Crippen LogP contribution in [0.3, 0.4) is 0 Å². The molecule has 1 heterocycles. The monoisotopic (exact) mass is 447 g/mol. The minimum atomic E-state index is -0.281. The van der Waals surface area contributed by atoms with E-state index in [-0.39, 0.29) is 24.4 Å². The highest BCUT2D eigenvalue weighted by molar-refractivity contribution is 5.92. The number of urea groups is 1. The summed E-state index contributed by atoms with van der Waals surface area (Å²) in [6, 6.07) is 21.0. The van der Waals surface area contributed by atoms with Gasteiger partial charge in [0.25, 0.3) is 0 Å². The molecule has 6 heteroatoms. The zero-order chi connectivity index (χ0) is 23.8. The standard InChI is InChI=1S/C27H33N3O3/c1-20(2)16-30(27(32)28-24-12-8-9-21(3)15-24)19-26(31)29(17-23-10-6-5-7-11-23)18-25-14-13-22(4)33-25/h5-15,20H,16-19H2,1-4H3,(H,28,32). The summed E-state index contributed by atoms with van der Waals surface area (Å²) in [5, 5.41) is 2.93. The highest BCUT2D eigenvalue weighted by Gasteiger charge is 2.23. The molecule has 3 rings (SSSR count). The first-order valence-corrected chi connectivity index (χ1v) is 11.3. The number of nitrogens with one attached hydrogen (secondary N) is 1. The molecule has 6 nitrogen and oxygen atoms in total. The minimum Gasteiger partial charge on any atom is -0.464 e. The summed E-state index contributed by atoms with van der Waals surface area (Å²) in [5.74, 6) is 1.61. The normalized spacial score (nSPS) is 10.8. The second-order valence-electron chi connectivity index (χ2n) is 8.82. The van der Waals surface area contributed by atoms with Crippen LogP contribution in [0.15, 0.2) is 71.1 Å². The molecule has 0 atom stereocenters. The lowest BCUT2D eigenvalue weighted by Gasteiger charge is -2.28. The van der Waals surface area contributed by atoms with E-state index in [1.165, 1.54) is 0 Å². The summed E-state index contributed by atoms with van der Waals surface area (Å²) < 4.78 is 5.72. The van der Waals surface area contributed by atoms with Gasteiger partial charge in [0.1, 0.15) is 18.1 Å². The molecule has 0 saturated heterocycles. The van der Waals surface area contributed by atoms with Crippen LogP contribution in [0, 0.1) is 19.8 Å². The van der Waals surface area contributed by atoms with Crippen molar-refractivity contribution in [3.8, 4) is 0 Å². The molecule has 1 aromatic heterocycles. The molecule has 1 N–H and O–H groups in total. The number of nitrogens with zero attached hydrogens (tertiary/aromatic N) is 2. The zero-order valence-electron chi connectivity index (χ0n) is 19.9. The maximum Gasteiger partial charge on any atom is 0.322 e. The SMILES string of the molecule is Cc1cccc(NC(=O)N(CC(=O)N(Cc2ccccc2)Cc2ccc(C)o2)CC(C)C)c1. The van der Waals surface area contributed by atoms with Crippen molar-refractivity contribution in [3.63, 3.8) is 0 Å². The van der Waals surface area contributed by atoms with Crippen LogP contribution in [0.25, 0.3) is 0 Å². The van der Waals surface area contributed by atoms with Crippen LogP contribution in [-0.4, -0.2) is 34.8 Å². The summed E-state index contributed by atoms with van der Waals surface area (Å²) in [7, 11) is 0. The van der Waals surface area contributed by atoms with Gasteiger partial charge in [-0.25, -0.2) is 4.79 Å². The van der Waals surface area contributed by atoms with Crippen LogP contribution in [0.4, 0.5) is 10.5 Å². The van der Waals surface area contributed by atoms with E-state index in [1.807, 2.05) is 94.4 Å². The highest BCUT2D eigenvalue weighted by Crippen LogP contribution is 2.15. The molecular formula is C27H33N3O3. The Kier molecular flexibility index (Phi) is 8.30. The number of benzene rings is 2. The van der Waals surface area contributed by atoms with E-state index in [4.69, 9.17) is 4.42 Å². The lowest BCUT2D eigenvalue weighted by Crippen LogP contribution is -2.45. The van der Waals surface area contributed by atoms with Gasteiger partial charge in [0.05, 0.1) is 6.54 Å². The predicted octanol–water partition coefficient (Wildman–Crippen LogP) is 5.62. The summed E-state index contributed by atoms with van der Waals surface area (Å²) in [6.07, 6.45) is 0. The molecule has 3 amide bonds. The molecule has 0 unspecified atom stereocenters. The molecule has 2 aromatic carbocycles. The van der Waals surface area contributed by atoms with Crippen molar-refractivity contribution in [3.05, 3.63) is 89.4 Å². The van der Waals surface area contributed by atoms with Gasteiger partial charge in [-0.05, 0) is 55.2 Å². The number of amides is 3. The zero-order valence-corrected chi connectivity index (χ0v) is 19.9. The molecular weight excluding hydrogens is 414 g/mol. The van der Waals surface area contributed by atoms with Crippen molar-refractivity contribution in [2.24, 2.45) is 5.92 Å². The van der Waals surface area contributed by atoms with Crippen molar-refractivity contribution in [2.75, 3.05) is 18.4 Å². The van der Waals surface area contributed by atoms with Crippen LogP contribution in [0.5, 0.6) is 0 Å². The quantitative estimate of drug-likeness (QED) is 0.463. The number of aryl methyl sites for hydroxylation is 2. The Morgan fingerprint density at radius 3 is 2.30 bits per heavy atom. The number of hydrogen-bond acceptors (Lipinski definition) is 3. The lowest BCUT2D eigenvalue weighted by molar-refractivity contribution is -0.133. The van der Waals surface area contributed by atoms with Gasteiger partial charge in [-0.3, -0.25) is 4.79 Å². The van der Waals surface area contributed by atoms with Gasteiger partial charge in [-0.15, -0.1) is 0 Å². The third kappa shape index (κ3) is 7.52. The van der Waals surface area contributed by atoms with Crippen molar-refractivity contribution in [1.82, 2.24) is 9.80 Å². The van der Waals surface area contributed by atoms with Gasteiger partial charge >= 0.3 is 6.03 Å². The van der Waals surface area contributed by atoms with Crippen molar-refractivity contribution in [1.29, 1.82) is 0 Å². The van der Waals surface area contributed by atoms with Gasteiger partial charge in [-0.1, -0.05) is 56.3 Å². The van der Waals surface area contributed by atoms with E-state index < -0.39 is 0 Å². The fourth-order valence-electron chi connectivity index (χ4n) is 3.64. The number of rotatable bonds is 9. The van der Waals surface area contributed by atoms with Gasteiger partial charge in [-0.2, -0.15) is 0 Å². The Morgan fingerprint density at radius 2 is 1.67 bits per heavy atom. The third-order valence-corrected chi connectivity index (χ3v) is 5.18. The minimum absolute atomic E-state index is 0.0116. The van der Waals surface area contributed by atoms with E-state index in [9.17, 15) is 9.59 Å². The first kappa shape index (κ1) is 24.1. The van der Waals surface area contributed by atoms with Crippen LogP contribution < -0.4 is 5.32 Å². The second kappa shape index (κ2) is 11.4. The van der Waals surface area contributed by atoms with Gasteiger partial charge < -0.3 is 19.5 Å². The fourth-order valence-corrected chi connectivity index (χ4v) is 3.64. The van der Waals surface area contributed by atoms with Crippen LogP contribution in [0.2, 0.25) is 0 Å². The second-order valence-corrected chi connectivity index (χ2v) is 8.82. The number of hydrogen-bond donors (Lipinski definition) is 1. The molecule has 0 fully saturated rings. The smallest absolute Gasteiger partial charge is 0.322 e. The Balaban J connectivity index is 1.76. The van der Waals surface area contributed by atoms with Crippen LogP contribution in [-0.2, 0) is 17.9 Å². The Labute approximate surface area is 196 Å². The average molecular weight is 448 g/mol. The molecule has 174 valence electrons. The lowest BCUT2D eigenvalue weighted by atomic mass is 10.2. The Hall–Kier alpha value is -3.54. The maximum absolute atomic E-state index is 13.4. The molecule has 33 heavy (non-hydrogen) atoms. The van der Waals surface area contributed by atoms with Crippen molar-refractivity contribution in [2.45, 2.75) is 40.8 Å². The Morgan fingerprint density at radius 1 is 0.909 bits per heavy atom. The number of anilines is 1. The first-order valence-electron chi connectivity index (χ1n) is 11.3. The largest absolute Gasteiger partial charge is 0.464 e. The van der Waals surface area contributed by atoms with Crippen LogP contribution in [0.1, 0.15) is 36.5 Å². The molecule has 0 saturated carbocycles. The maximum atomic E-state index is 13.4. The van der Waals surface area contributed by atoms with E-state index in [0.717, 1.165) is 22.6 Å². The molecule has 0 aliphatic heterocycles. The van der Waals surface area contributed by atoms with Gasteiger partial charge in [0.2, 0.25) is 5.91 Å². The molecule has 3 aromatic rings. The third-order valence-electron chi connectivity index (χ3n) is 5.18. The van der Waals surface area contributed by atoms with E-state index in [0.29, 0.717) is 25.3 Å². The number of carbonyl (C=O) groups excluding carboxylic acids is 2. The Bertz CT molecular complexity index is 1060. The molecule has 0 aliphatic carbocycles. The summed E-state index contributed by atoms with van der Waals surface area (Å²) in [6.45, 7) is 9.17. The van der Waals surface area contributed by atoms with E-state index >= 15 is 0 Å². The average Bonchev–Trinajstić information content (AvgIpc) is 3.18. The first-order chi connectivity index (χ1) is 15.8. The molecule has 0 aliphatic rings. The van der Waals surface area contributed by atoms with Gasteiger partial charge in [0, 0.05) is 18.8 Å². The number of carbonyl (C=O) groups is 2. The fraction of sp³-hybridized carbons (Fsp3) is 0.333. The number of furan rings is 1. The topological polar surface area (TPSA) is 65.8 Å². The predicted molar refractivity (Wildman–Crippen MR) is 131 cm³/mol. The van der Waals surface area contributed by atoms with Gasteiger partial charge in [0.15, 0.2) is 0 Å². The van der Waals surface area contributed by atoms with E-state index in [2.05, 4.69) is 5.32 Å². The summed E-state index contributed by atoms with van der Waals surface area (Å²) >= 11 is 0. The summed E-state index contributed by atoms with van der Waals surface area (Å²) in [5.41, 5.74) is 2.80. The van der Waals surface area contributed by atoms with Crippen LogP contribution >= 0.6 is 0 Å². The molecule has 0 bridgehead atoms. The van der Waals surface area contributed by atoms with Crippen molar-refractivity contribution >= 4 is 17.6 Å². The highest BCUT2D eigenvalue weighted by atomic mass is 16.3. The molecule has 0 spiro atoms. The van der Waals surface area contributed by atoms with E-state index in [1.54, 1.807) is 9.80 Å². The summed E-state index contributed by atoms with van der Waals surface area (Å²) in [4.78, 5) is 29.8. The molecule has 0 radical (unpaired) electrons.